The molecule has 5 rings (SSSR count). The third-order valence-electron chi connectivity index (χ3n) is 6.79. The van der Waals surface area contributed by atoms with Gasteiger partial charge in [0.15, 0.2) is 5.78 Å². The molecule has 0 unspecified atom stereocenters. The number of nitrogens with one attached hydrogen (secondary N) is 1. The zero-order valence-corrected chi connectivity index (χ0v) is 19.4. The molecule has 172 valence electrons. The Morgan fingerprint density at radius 1 is 1.06 bits per heavy atom. The quantitative estimate of drug-likeness (QED) is 0.533. The predicted octanol–water partition coefficient (Wildman–Crippen LogP) is 5.12. The number of hydrogen-bond donors (Lipinski definition) is 1. The van der Waals surface area contributed by atoms with Gasteiger partial charge in [-0.05, 0) is 35.4 Å². The summed E-state index contributed by atoms with van der Waals surface area (Å²) in [5, 5.41) is 4.01. The number of ketones is 1. The van der Waals surface area contributed by atoms with Gasteiger partial charge in [0.2, 0.25) is 0 Å². The van der Waals surface area contributed by atoms with Crippen molar-refractivity contribution in [2.75, 3.05) is 13.7 Å². The Bertz CT molecular complexity index is 1240. The van der Waals surface area contributed by atoms with Crippen molar-refractivity contribution in [3.63, 3.8) is 0 Å². The van der Waals surface area contributed by atoms with Crippen molar-refractivity contribution in [3.05, 3.63) is 107 Å². The summed E-state index contributed by atoms with van der Waals surface area (Å²) in [6, 6.07) is 23.2. The summed E-state index contributed by atoms with van der Waals surface area (Å²) in [6.45, 7) is 0.125. The minimum atomic E-state index is -1.06. The van der Waals surface area contributed by atoms with Crippen molar-refractivity contribution in [2.45, 2.75) is 12.1 Å². The first kappa shape index (κ1) is 22.4. The molecule has 1 saturated heterocycles. The lowest BCUT2D eigenvalue weighted by atomic mass is 9.64. The fourth-order valence-corrected chi connectivity index (χ4v) is 5.26. The molecule has 0 bridgehead atoms. The second kappa shape index (κ2) is 9.09. The molecule has 1 spiro atoms. The van der Waals surface area contributed by atoms with Gasteiger partial charge in [0, 0.05) is 17.0 Å². The number of Topliss-reactive ketones (excluding diaryl/α,β-unsaturated/α-hetero) is 1. The van der Waals surface area contributed by atoms with E-state index < -0.39 is 29.4 Å². The summed E-state index contributed by atoms with van der Waals surface area (Å²) in [6.07, 6.45) is 3.89. The molecule has 34 heavy (non-hydrogen) atoms. The largest absolute Gasteiger partial charge is 0.492 e. The number of para-hydroxylation sites is 1. The van der Waals surface area contributed by atoms with Crippen LogP contribution in [0.1, 0.15) is 27.5 Å². The van der Waals surface area contributed by atoms with E-state index in [4.69, 9.17) is 21.1 Å². The molecule has 1 fully saturated rings. The Kier molecular flexibility index (Phi) is 5.98. The van der Waals surface area contributed by atoms with E-state index in [1.165, 1.54) is 7.11 Å². The van der Waals surface area contributed by atoms with Crippen LogP contribution < -0.4 is 10.1 Å². The van der Waals surface area contributed by atoms with E-state index >= 15 is 0 Å². The van der Waals surface area contributed by atoms with Gasteiger partial charge in [0.1, 0.15) is 18.4 Å². The molecular weight excluding hydrogens is 450 g/mol. The molecule has 0 radical (unpaired) electrons. The lowest BCUT2D eigenvalue weighted by Crippen LogP contribution is -2.49. The van der Waals surface area contributed by atoms with Crippen LogP contribution in [0.4, 0.5) is 0 Å². The maximum Gasteiger partial charge on any atom is 0.323 e. The zero-order chi connectivity index (χ0) is 23.7. The highest BCUT2D eigenvalue weighted by Crippen LogP contribution is 2.54. The van der Waals surface area contributed by atoms with Crippen LogP contribution in [0.15, 0.2) is 84.9 Å². The Hall–Kier alpha value is -3.41. The van der Waals surface area contributed by atoms with Gasteiger partial charge in [-0.1, -0.05) is 78.4 Å². The zero-order valence-electron chi connectivity index (χ0n) is 18.6. The van der Waals surface area contributed by atoms with Crippen LogP contribution >= 0.6 is 11.6 Å². The summed E-state index contributed by atoms with van der Waals surface area (Å²) in [5.74, 6) is -0.442. The molecule has 0 amide bonds. The van der Waals surface area contributed by atoms with E-state index in [-0.39, 0.29) is 12.4 Å². The van der Waals surface area contributed by atoms with E-state index in [0.717, 1.165) is 11.1 Å². The standard InChI is InChI=1S/C28H24ClNO4/c1-33-27(32)24-22(16-11-18-7-3-2-4-8-18)28(25(30-24)19-12-14-20(29)15-13-19)17-34-23-10-6-5-9-21(23)26(28)31/h2-16,22,24-25,30H,17H2,1H3/b16-11+/t22-,24+,25+,28+/m0/s1. The summed E-state index contributed by atoms with van der Waals surface area (Å²) in [5.41, 5.74) is 1.27. The molecule has 4 atom stereocenters. The molecule has 6 heteroatoms. The summed E-state index contributed by atoms with van der Waals surface area (Å²) in [7, 11) is 1.36. The lowest BCUT2D eigenvalue weighted by Gasteiger charge is -2.40. The number of fused-ring (bicyclic) bond motifs is 1. The van der Waals surface area contributed by atoms with Crippen LogP contribution in [0.3, 0.4) is 0 Å². The van der Waals surface area contributed by atoms with Crippen LogP contribution in [-0.4, -0.2) is 31.5 Å². The Morgan fingerprint density at radius 3 is 2.50 bits per heavy atom. The summed E-state index contributed by atoms with van der Waals surface area (Å²) >= 11 is 6.14. The second-order valence-electron chi connectivity index (χ2n) is 8.60. The molecular formula is C28H24ClNO4. The smallest absolute Gasteiger partial charge is 0.323 e. The third kappa shape index (κ3) is 3.71. The first-order valence-electron chi connectivity index (χ1n) is 11.1. The Labute approximate surface area is 203 Å². The van der Waals surface area contributed by atoms with E-state index in [9.17, 15) is 9.59 Å². The number of hydrogen-bond acceptors (Lipinski definition) is 5. The maximum atomic E-state index is 14.2. The topological polar surface area (TPSA) is 64.6 Å². The molecule has 3 aromatic carbocycles. The van der Waals surface area contributed by atoms with Gasteiger partial charge in [-0.2, -0.15) is 0 Å². The number of benzene rings is 3. The number of halogens is 1. The van der Waals surface area contributed by atoms with Crippen LogP contribution in [0.2, 0.25) is 5.02 Å². The van der Waals surface area contributed by atoms with Crippen molar-refractivity contribution in [3.8, 4) is 5.75 Å². The molecule has 3 aromatic rings. The van der Waals surface area contributed by atoms with Crippen molar-refractivity contribution in [1.82, 2.24) is 5.32 Å². The second-order valence-corrected chi connectivity index (χ2v) is 9.04. The molecule has 5 nitrogen and oxygen atoms in total. The minimum absolute atomic E-state index is 0.0593. The highest BCUT2D eigenvalue weighted by Gasteiger charge is 2.63. The molecule has 1 N–H and O–H groups in total. The van der Waals surface area contributed by atoms with Gasteiger partial charge >= 0.3 is 5.97 Å². The molecule has 0 aliphatic carbocycles. The van der Waals surface area contributed by atoms with Gasteiger partial charge in [-0.15, -0.1) is 0 Å². The van der Waals surface area contributed by atoms with Crippen molar-refractivity contribution >= 4 is 29.4 Å². The average molecular weight is 474 g/mol. The molecule has 0 aromatic heterocycles. The fraction of sp³-hybridized carbons (Fsp3) is 0.214. The first-order chi connectivity index (χ1) is 16.5. The van der Waals surface area contributed by atoms with E-state index in [0.29, 0.717) is 16.3 Å². The molecule has 0 saturated carbocycles. The molecule has 2 heterocycles. The third-order valence-corrected chi connectivity index (χ3v) is 7.04. The lowest BCUT2D eigenvalue weighted by molar-refractivity contribution is -0.143. The first-order valence-corrected chi connectivity index (χ1v) is 11.5. The molecule has 2 aliphatic rings. The summed E-state index contributed by atoms with van der Waals surface area (Å²) < 4.78 is 11.3. The number of carbonyl (C=O) groups excluding carboxylic acids is 2. The maximum absolute atomic E-state index is 14.2. The van der Waals surface area contributed by atoms with Crippen LogP contribution in [0.5, 0.6) is 5.75 Å². The van der Waals surface area contributed by atoms with Crippen molar-refractivity contribution in [2.24, 2.45) is 11.3 Å². The van der Waals surface area contributed by atoms with Gasteiger partial charge in [0.05, 0.1) is 18.1 Å². The van der Waals surface area contributed by atoms with Crippen LogP contribution in [0, 0.1) is 11.3 Å². The number of ether oxygens (including phenoxy) is 2. The Morgan fingerprint density at radius 2 is 1.76 bits per heavy atom. The highest BCUT2D eigenvalue weighted by molar-refractivity contribution is 6.30. The van der Waals surface area contributed by atoms with Crippen LogP contribution in [-0.2, 0) is 9.53 Å². The monoisotopic (exact) mass is 473 g/mol. The van der Waals surface area contributed by atoms with E-state index in [2.05, 4.69) is 5.32 Å². The fourth-order valence-electron chi connectivity index (χ4n) is 5.13. The van der Waals surface area contributed by atoms with Gasteiger partial charge in [0.25, 0.3) is 0 Å². The van der Waals surface area contributed by atoms with E-state index in [1.54, 1.807) is 24.3 Å². The van der Waals surface area contributed by atoms with Crippen molar-refractivity contribution < 1.29 is 19.1 Å². The molecule has 2 aliphatic heterocycles. The SMILES string of the molecule is COC(=O)[C@@H]1N[C@H](c2ccc(Cl)cc2)[C@@]2(COc3ccccc3C2=O)[C@H]1/C=C/c1ccccc1. The Balaban J connectivity index is 1.68. The number of carbonyl (C=O) groups is 2. The number of rotatable bonds is 4. The van der Waals surface area contributed by atoms with Gasteiger partial charge in [-0.25, -0.2) is 0 Å². The predicted molar refractivity (Wildman–Crippen MR) is 131 cm³/mol. The van der Waals surface area contributed by atoms with Gasteiger partial charge in [-0.3, -0.25) is 14.9 Å². The summed E-state index contributed by atoms with van der Waals surface area (Å²) in [4.78, 5) is 27.2. The van der Waals surface area contributed by atoms with Gasteiger partial charge < -0.3 is 9.47 Å². The minimum Gasteiger partial charge on any atom is -0.492 e. The van der Waals surface area contributed by atoms with Crippen LogP contribution in [0.25, 0.3) is 6.08 Å². The number of methoxy groups -OCH3 is 1. The normalized spacial score (nSPS) is 25.8. The highest BCUT2D eigenvalue weighted by atomic mass is 35.5. The number of esters is 1. The van der Waals surface area contributed by atoms with E-state index in [1.807, 2.05) is 66.7 Å². The average Bonchev–Trinajstić information content (AvgIpc) is 3.20. The van der Waals surface area contributed by atoms with Crippen molar-refractivity contribution in [1.29, 1.82) is 0 Å².